The number of hydrogen-bond donors (Lipinski definition) is 0. The maximum atomic E-state index is 11.2. The minimum Gasteiger partial charge on any atom is -0.298 e. The molecule has 0 aliphatic heterocycles. The van der Waals surface area contributed by atoms with Gasteiger partial charge in [0, 0.05) is 21.6 Å². The zero-order valence-corrected chi connectivity index (χ0v) is 13.2. The molecule has 0 N–H and O–H groups in total. The van der Waals surface area contributed by atoms with Gasteiger partial charge in [-0.15, -0.1) is 11.3 Å². The first-order valence-corrected chi connectivity index (χ1v) is 7.78. The van der Waals surface area contributed by atoms with Crippen molar-refractivity contribution < 1.29 is 4.79 Å². The van der Waals surface area contributed by atoms with Crippen LogP contribution in [0.2, 0.25) is 4.34 Å². The Morgan fingerprint density at radius 1 is 1.35 bits per heavy atom. The third-order valence-corrected chi connectivity index (χ3v) is 4.57. The number of aromatic nitrogens is 2. The highest BCUT2D eigenvalue weighted by molar-refractivity contribution is 9.10. The molecule has 100 valence electrons. The fourth-order valence-electron chi connectivity index (χ4n) is 1.89. The van der Waals surface area contributed by atoms with Crippen LogP contribution in [0.25, 0.3) is 16.9 Å². The molecule has 0 amide bonds. The van der Waals surface area contributed by atoms with Gasteiger partial charge in [0.1, 0.15) is 5.69 Å². The average Bonchev–Trinajstić information content (AvgIpc) is 3.05. The first kappa shape index (κ1) is 13.5. The summed E-state index contributed by atoms with van der Waals surface area (Å²) < 4.78 is 3.27. The summed E-state index contributed by atoms with van der Waals surface area (Å²) in [6.07, 6.45) is 2.52. The lowest BCUT2D eigenvalue weighted by Crippen LogP contribution is -1.95. The summed E-state index contributed by atoms with van der Waals surface area (Å²) in [6.45, 7) is 0. The predicted molar refractivity (Wildman–Crippen MR) is 85.0 cm³/mol. The van der Waals surface area contributed by atoms with Crippen molar-refractivity contribution in [1.29, 1.82) is 0 Å². The molecule has 0 aliphatic carbocycles. The normalized spacial score (nSPS) is 10.7. The molecule has 3 nitrogen and oxygen atoms in total. The third kappa shape index (κ3) is 2.44. The highest BCUT2D eigenvalue weighted by atomic mass is 79.9. The SMILES string of the molecule is O=Cc1cn(-c2ccccc2Br)nc1-c1csc(Cl)c1. The van der Waals surface area contributed by atoms with Gasteiger partial charge in [-0.25, -0.2) is 4.68 Å². The van der Waals surface area contributed by atoms with E-state index >= 15 is 0 Å². The van der Waals surface area contributed by atoms with Crippen LogP contribution in [-0.2, 0) is 0 Å². The van der Waals surface area contributed by atoms with E-state index < -0.39 is 0 Å². The number of aldehydes is 1. The van der Waals surface area contributed by atoms with Gasteiger partial charge in [0.05, 0.1) is 15.6 Å². The van der Waals surface area contributed by atoms with Crippen molar-refractivity contribution in [3.63, 3.8) is 0 Å². The number of hydrogen-bond acceptors (Lipinski definition) is 3. The number of halogens is 2. The van der Waals surface area contributed by atoms with Gasteiger partial charge in [-0.2, -0.15) is 5.10 Å². The zero-order chi connectivity index (χ0) is 14.1. The van der Waals surface area contributed by atoms with E-state index in [2.05, 4.69) is 21.0 Å². The first-order chi connectivity index (χ1) is 9.69. The molecule has 3 rings (SSSR count). The van der Waals surface area contributed by atoms with E-state index in [1.54, 1.807) is 10.9 Å². The van der Waals surface area contributed by atoms with E-state index in [1.165, 1.54) is 11.3 Å². The molecule has 20 heavy (non-hydrogen) atoms. The maximum Gasteiger partial charge on any atom is 0.153 e. The van der Waals surface area contributed by atoms with Crippen LogP contribution in [0.15, 0.2) is 46.4 Å². The van der Waals surface area contributed by atoms with Gasteiger partial charge < -0.3 is 0 Å². The van der Waals surface area contributed by atoms with Crippen molar-refractivity contribution in [3.8, 4) is 16.9 Å². The molecular weight excluding hydrogens is 360 g/mol. The van der Waals surface area contributed by atoms with Crippen molar-refractivity contribution in [1.82, 2.24) is 9.78 Å². The maximum absolute atomic E-state index is 11.2. The molecule has 0 unspecified atom stereocenters. The monoisotopic (exact) mass is 366 g/mol. The van der Waals surface area contributed by atoms with E-state index in [4.69, 9.17) is 11.6 Å². The molecule has 0 radical (unpaired) electrons. The van der Waals surface area contributed by atoms with Crippen LogP contribution in [0.5, 0.6) is 0 Å². The molecule has 2 aromatic heterocycles. The molecule has 0 saturated carbocycles. The van der Waals surface area contributed by atoms with Crippen LogP contribution in [0.3, 0.4) is 0 Å². The van der Waals surface area contributed by atoms with E-state index in [-0.39, 0.29) is 0 Å². The Balaban J connectivity index is 2.14. The van der Waals surface area contributed by atoms with E-state index in [1.807, 2.05) is 35.7 Å². The van der Waals surface area contributed by atoms with Crippen LogP contribution < -0.4 is 0 Å². The summed E-state index contributed by atoms with van der Waals surface area (Å²) in [7, 11) is 0. The van der Waals surface area contributed by atoms with E-state index in [0.717, 1.165) is 22.0 Å². The van der Waals surface area contributed by atoms with Gasteiger partial charge >= 0.3 is 0 Å². The van der Waals surface area contributed by atoms with Crippen molar-refractivity contribution in [3.05, 3.63) is 56.3 Å². The van der Waals surface area contributed by atoms with Gasteiger partial charge in [-0.05, 0) is 34.1 Å². The van der Waals surface area contributed by atoms with Gasteiger partial charge in [-0.1, -0.05) is 23.7 Å². The van der Waals surface area contributed by atoms with Gasteiger partial charge in [-0.3, -0.25) is 4.79 Å². The Bertz CT molecular complexity index is 781. The van der Waals surface area contributed by atoms with Crippen molar-refractivity contribution >= 4 is 45.2 Å². The topological polar surface area (TPSA) is 34.9 Å². The Labute approximate surface area is 132 Å². The zero-order valence-electron chi connectivity index (χ0n) is 10.1. The van der Waals surface area contributed by atoms with E-state index in [0.29, 0.717) is 15.6 Å². The van der Waals surface area contributed by atoms with Crippen LogP contribution in [0.4, 0.5) is 0 Å². The molecule has 0 spiro atoms. The number of nitrogens with zero attached hydrogens (tertiary/aromatic N) is 2. The fraction of sp³-hybridized carbons (Fsp3) is 0. The van der Waals surface area contributed by atoms with E-state index in [9.17, 15) is 4.79 Å². The van der Waals surface area contributed by atoms with Crippen molar-refractivity contribution in [2.75, 3.05) is 0 Å². The summed E-state index contributed by atoms with van der Waals surface area (Å²) in [6, 6.07) is 9.52. The second-order valence-electron chi connectivity index (χ2n) is 4.09. The van der Waals surface area contributed by atoms with Crippen LogP contribution in [0.1, 0.15) is 10.4 Å². The molecule has 0 atom stereocenters. The summed E-state index contributed by atoms with van der Waals surface area (Å²) in [5.74, 6) is 0. The lowest BCUT2D eigenvalue weighted by atomic mass is 10.2. The molecule has 0 aliphatic rings. The number of carbonyl (C=O) groups excluding carboxylic acids is 1. The molecule has 1 aromatic carbocycles. The minimum absolute atomic E-state index is 0.537. The summed E-state index contributed by atoms with van der Waals surface area (Å²) in [5, 5.41) is 6.39. The average molecular weight is 368 g/mol. The predicted octanol–water partition coefficient (Wildman–Crippen LogP) is 4.83. The molecule has 0 saturated heterocycles. The Morgan fingerprint density at radius 3 is 2.80 bits per heavy atom. The van der Waals surface area contributed by atoms with Gasteiger partial charge in [0.15, 0.2) is 6.29 Å². The summed E-state index contributed by atoms with van der Waals surface area (Å²) >= 11 is 10.8. The molecule has 2 heterocycles. The largest absolute Gasteiger partial charge is 0.298 e. The molecule has 0 fully saturated rings. The first-order valence-electron chi connectivity index (χ1n) is 5.73. The van der Waals surface area contributed by atoms with Crippen molar-refractivity contribution in [2.45, 2.75) is 0 Å². The lowest BCUT2D eigenvalue weighted by molar-refractivity contribution is 0.112. The molecular formula is C14H8BrClN2OS. The third-order valence-electron chi connectivity index (χ3n) is 2.81. The standard InChI is InChI=1S/C14H8BrClN2OS/c15-11-3-1-2-4-12(11)18-6-10(7-19)14(17-18)9-5-13(16)20-8-9/h1-8H. The van der Waals surface area contributed by atoms with Crippen LogP contribution >= 0.6 is 38.9 Å². The Morgan fingerprint density at radius 2 is 2.15 bits per heavy atom. The Kier molecular flexibility index (Phi) is 3.74. The number of rotatable bonds is 3. The highest BCUT2D eigenvalue weighted by Crippen LogP contribution is 2.30. The Hall–Kier alpha value is -1.43. The quantitative estimate of drug-likeness (QED) is 0.622. The summed E-state index contributed by atoms with van der Waals surface area (Å²) in [4.78, 5) is 11.2. The second-order valence-corrected chi connectivity index (χ2v) is 6.48. The number of para-hydroxylation sites is 1. The fourth-order valence-corrected chi connectivity index (χ4v) is 3.22. The minimum atomic E-state index is 0.537. The summed E-state index contributed by atoms with van der Waals surface area (Å²) in [5.41, 5.74) is 2.91. The highest BCUT2D eigenvalue weighted by Gasteiger charge is 2.14. The number of thiophene rings is 1. The molecule has 3 aromatic rings. The van der Waals surface area contributed by atoms with Crippen molar-refractivity contribution in [2.24, 2.45) is 0 Å². The van der Waals surface area contributed by atoms with Gasteiger partial charge in [0.25, 0.3) is 0 Å². The second kappa shape index (κ2) is 5.52. The number of benzene rings is 1. The van der Waals surface area contributed by atoms with Gasteiger partial charge in [0.2, 0.25) is 0 Å². The molecule has 0 bridgehead atoms. The number of carbonyl (C=O) groups is 1. The smallest absolute Gasteiger partial charge is 0.153 e. The van der Waals surface area contributed by atoms with Crippen LogP contribution in [0, 0.1) is 0 Å². The lowest BCUT2D eigenvalue weighted by Gasteiger charge is -2.03. The molecule has 6 heteroatoms. The van der Waals surface area contributed by atoms with Crippen LogP contribution in [-0.4, -0.2) is 16.1 Å².